The molecule has 0 saturated heterocycles. The summed E-state index contributed by atoms with van der Waals surface area (Å²) in [5, 5.41) is 0. The van der Waals surface area contributed by atoms with Crippen LogP contribution in [0.25, 0.3) is 0 Å². The third-order valence-electron chi connectivity index (χ3n) is 1.81. The molecule has 0 fully saturated rings. The molecule has 4 nitrogen and oxygen atoms in total. The summed E-state index contributed by atoms with van der Waals surface area (Å²) in [5.74, 6) is -1.23. The fourth-order valence-corrected chi connectivity index (χ4v) is 2.10. The van der Waals surface area contributed by atoms with Crippen LogP contribution in [0.1, 0.15) is 6.92 Å². The minimum Gasteiger partial charge on any atom is -0.274 e. The second kappa shape index (κ2) is 4.36. The molecule has 0 aromatic heterocycles. The Morgan fingerprint density at radius 2 is 1.65 bits per heavy atom. The molecule has 8 heteroatoms. The van der Waals surface area contributed by atoms with E-state index in [4.69, 9.17) is 0 Å². The molecule has 1 rings (SSSR count). The van der Waals surface area contributed by atoms with E-state index in [0.29, 0.717) is 0 Å². The summed E-state index contributed by atoms with van der Waals surface area (Å²) in [7, 11) is -5.71. The van der Waals surface area contributed by atoms with E-state index >= 15 is 0 Å². The summed E-state index contributed by atoms with van der Waals surface area (Å²) >= 11 is 0. The van der Waals surface area contributed by atoms with Crippen LogP contribution in [0.4, 0.5) is 18.9 Å². The van der Waals surface area contributed by atoms with Crippen molar-refractivity contribution in [2.75, 3.05) is 4.31 Å². The molecule has 0 radical (unpaired) electrons. The SMILES string of the molecule is CC(=O)N(c1ccccc1)S(=O)(=O)C(F)(F)F. The fraction of sp³-hybridized carbons (Fsp3) is 0.222. The van der Waals surface area contributed by atoms with Gasteiger partial charge in [-0.25, -0.2) is 0 Å². The van der Waals surface area contributed by atoms with Gasteiger partial charge in [-0.05, 0) is 12.1 Å². The van der Waals surface area contributed by atoms with Gasteiger partial charge in [-0.15, -0.1) is 0 Å². The van der Waals surface area contributed by atoms with Gasteiger partial charge in [-0.1, -0.05) is 18.2 Å². The maximum atomic E-state index is 12.3. The van der Waals surface area contributed by atoms with Crippen molar-refractivity contribution in [1.82, 2.24) is 0 Å². The molecule has 0 heterocycles. The lowest BCUT2D eigenvalue weighted by molar-refractivity contribution is -0.115. The van der Waals surface area contributed by atoms with Gasteiger partial charge >= 0.3 is 15.5 Å². The molecule has 17 heavy (non-hydrogen) atoms. The molecule has 0 aliphatic carbocycles. The van der Waals surface area contributed by atoms with Crippen LogP contribution in [0, 0.1) is 0 Å². The average molecular weight is 267 g/mol. The maximum Gasteiger partial charge on any atom is 0.517 e. The summed E-state index contributed by atoms with van der Waals surface area (Å²) in [6, 6.07) is 6.35. The zero-order chi connectivity index (χ0) is 13.3. The second-order valence-electron chi connectivity index (χ2n) is 3.07. The standard InChI is InChI=1S/C9H8F3NO3S/c1-7(14)13(8-5-3-2-4-6-8)17(15,16)9(10,11)12/h2-6H,1H3. The van der Waals surface area contributed by atoms with Crippen LogP contribution < -0.4 is 4.31 Å². The van der Waals surface area contributed by atoms with Gasteiger partial charge in [-0.2, -0.15) is 25.9 Å². The molecule has 1 aromatic carbocycles. The third-order valence-corrected chi connectivity index (χ3v) is 3.34. The highest BCUT2D eigenvalue weighted by Crippen LogP contribution is 2.30. The Morgan fingerprint density at radius 1 is 1.18 bits per heavy atom. The summed E-state index contributed by atoms with van der Waals surface area (Å²) in [5.41, 5.74) is -5.87. The smallest absolute Gasteiger partial charge is 0.274 e. The van der Waals surface area contributed by atoms with Crippen molar-refractivity contribution in [3.05, 3.63) is 30.3 Å². The largest absolute Gasteiger partial charge is 0.517 e. The summed E-state index contributed by atoms with van der Waals surface area (Å²) in [6.45, 7) is 0.746. The normalized spacial score (nSPS) is 12.2. The van der Waals surface area contributed by atoms with Gasteiger partial charge in [0.2, 0.25) is 5.91 Å². The number of halogens is 3. The van der Waals surface area contributed by atoms with Crippen LogP contribution in [0.2, 0.25) is 0 Å². The van der Waals surface area contributed by atoms with E-state index in [1.165, 1.54) is 18.2 Å². The van der Waals surface area contributed by atoms with E-state index in [-0.39, 0.29) is 9.99 Å². The molecular formula is C9H8F3NO3S. The highest BCUT2D eigenvalue weighted by molar-refractivity contribution is 7.94. The second-order valence-corrected chi connectivity index (χ2v) is 4.85. The summed E-state index contributed by atoms with van der Waals surface area (Å²) in [6.07, 6.45) is 0. The highest BCUT2D eigenvalue weighted by Gasteiger charge is 2.51. The lowest BCUT2D eigenvalue weighted by atomic mass is 10.3. The molecule has 0 N–H and O–H groups in total. The molecule has 0 unspecified atom stereocenters. The van der Waals surface area contributed by atoms with Crippen molar-refractivity contribution in [1.29, 1.82) is 0 Å². The molecule has 0 bridgehead atoms. The number of rotatable bonds is 2. The zero-order valence-electron chi connectivity index (χ0n) is 8.60. The Morgan fingerprint density at radius 3 is 2.00 bits per heavy atom. The average Bonchev–Trinajstić information content (AvgIpc) is 2.16. The maximum absolute atomic E-state index is 12.3. The van der Waals surface area contributed by atoms with E-state index in [1.54, 1.807) is 0 Å². The van der Waals surface area contributed by atoms with Crippen molar-refractivity contribution >= 4 is 21.6 Å². The molecule has 0 atom stereocenters. The Kier molecular flexibility index (Phi) is 3.46. The van der Waals surface area contributed by atoms with Crippen molar-refractivity contribution < 1.29 is 26.4 Å². The molecule has 0 aliphatic rings. The predicted octanol–water partition coefficient (Wildman–Crippen LogP) is 1.89. The highest BCUT2D eigenvalue weighted by atomic mass is 32.2. The van der Waals surface area contributed by atoms with Crippen molar-refractivity contribution in [2.24, 2.45) is 0 Å². The van der Waals surface area contributed by atoms with Gasteiger partial charge in [0, 0.05) is 6.92 Å². The van der Waals surface area contributed by atoms with Crippen LogP contribution in [0.15, 0.2) is 30.3 Å². The number of benzene rings is 1. The lowest BCUT2D eigenvalue weighted by Crippen LogP contribution is -2.43. The lowest BCUT2D eigenvalue weighted by Gasteiger charge is -2.21. The summed E-state index contributed by atoms with van der Waals surface area (Å²) in [4.78, 5) is 11.1. The number of sulfonamides is 1. The minimum absolute atomic E-state index is 0.271. The number of alkyl halides is 3. The van der Waals surface area contributed by atoms with E-state index in [1.807, 2.05) is 0 Å². The van der Waals surface area contributed by atoms with E-state index < -0.39 is 21.4 Å². The number of amides is 1. The molecule has 0 aliphatic heterocycles. The number of carbonyl (C=O) groups excluding carboxylic acids is 1. The number of hydrogen-bond donors (Lipinski definition) is 0. The first-order valence-electron chi connectivity index (χ1n) is 4.35. The van der Waals surface area contributed by atoms with Crippen molar-refractivity contribution in [3.8, 4) is 0 Å². The number of anilines is 1. The van der Waals surface area contributed by atoms with Gasteiger partial charge in [0.25, 0.3) is 0 Å². The Labute approximate surface area is 95.7 Å². The number of nitrogens with zero attached hydrogens (tertiary/aromatic N) is 1. The topological polar surface area (TPSA) is 54.5 Å². The van der Waals surface area contributed by atoms with Crippen molar-refractivity contribution in [3.63, 3.8) is 0 Å². The van der Waals surface area contributed by atoms with Gasteiger partial charge in [0.1, 0.15) is 0 Å². The zero-order valence-corrected chi connectivity index (χ0v) is 9.42. The number of hydrogen-bond acceptors (Lipinski definition) is 3. The van der Waals surface area contributed by atoms with E-state index in [9.17, 15) is 26.4 Å². The first-order valence-corrected chi connectivity index (χ1v) is 5.79. The minimum atomic E-state index is -5.71. The predicted molar refractivity (Wildman–Crippen MR) is 54.6 cm³/mol. The quantitative estimate of drug-likeness (QED) is 0.822. The molecule has 94 valence electrons. The van der Waals surface area contributed by atoms with Crippen LogP contribution in [-0.2, 0) is 14.8 Å². The first-order chi connectivity index (χ1) is 7.68. The Bertz CT molecular complexity index is 510. The molecule has 0 saturated carbocycles. The Hall–Kier alpha value is -1.57. The number of carbonyl (C=O) groups is 1. The molecule has 1 amide bonds. The van der Waals surface area contributed by atoms with Gasteiger partial charge in [0.05, 0.1) is 5.69 Å². The first kappa shape index (κ1) is 13.5. The van der Waals surface area contributed by atoms with Gasteiger partial charge < -0.3 is 0 Å². The fourth-order valence-electron chi connectivity index (χ4n) is 1.16. The van der Waals surface area contributed by atoms with Gasteiger partial charge in [-0.3, -0.25) is 4.79 Å². The molecule has 1 aromatic rings. The van der Waals surface area contributed by atoms with Crippen LogP contribution >= 0.6 is 0 Å². The molecular weight excluding hydrogens is 259 g/mol. The number of para-hydroxylation sites is 1. The van der Waals surface area contributed by atoms with Crippen LogP contribution in [-0.4, -0.2) is 19.8 Å². The van der Waals surface area contributed by atoms with Crippen molar-refractivity contribution in [2.45, 2.75) is 12.4 Å². The monoisotopic (exact) mass is 267 g/mol. The van der Waals surface area contributed by atoms with E-state index in [0.717, 1.165) is 19.1 Å². The van der Waals surface area contributed by atoms with Crippen LogP contribution in [0.3, 0.4) is 0 Å². The molecule has 0 spiro atoms. The summed E-state index contributed by atoms with van der Waals surface area (Å²) < 4.78 is 59.1. The third kappa shape index (κ3) is 2.57. The Balaban J connectivity index is 3.36. The van der Waals surface area contributed by atoms with Crippen LogP contribution in [0.5, 0.6) is 0 Å². The van der Waals surface area contributed by atoms with E-state index in [2.05, 4.69) is 0 Å². The van der Waals surface area contributed by atoms with Gasteiger partial charge in [0.15, 0.2) is 0 Å².